The number of nitrogens with zero attached hydrogens (tertiary/aromatic N) is 3. The van der Waals surface area contributed by atoms with Gasteiger partial charge in [-0.2, -0.15) is 0 Å². The van der Waals surface area contributed by atoms with Gasteiger partial charge in [0.2, 0.25) is 0 Å². The Balaban J connectivity index is 1.31. The molecule has 1 saturated carbocycles. The van der Waals surface area contributed by atoms with Gasteiger partial charge < -0.3 is 14.6 Å². The molecule has 216 valence electrons. The van der Waals surface area contributed by atoms with Crippen molar-refractivity contribution in [3.63, 3.8) is 0 Å². The number of aryl methyl sites for hydroxylation is 2. The number of hydrogen-bond donors (Lipinski definition) is 1. The van der Waals surface area contributed by atoms with E-state index in [-0.39, 0.29) is 36.8 Å². The van der Waals surface area contributed by atoms with Crippen molar-refractivity contribution in [1.82, 2.24) is 15.0 Å². The summed E-state index contributed by atoms with van der Waals surface area (Å²) in [7, 11) is 1.65. The maximum Gasteiger partial charge on any atom is 0.308 e. The first kappa shape index (κ1) is 30.7. The summed E-state index contributed by atoms with van der Waals surface area (Å²) in [6.45, 7) is 4.95. The molecule has 1 aromatic rings. The van der Waals surface area contributed by atoms with Gasteiger partial charge in [0.15, 0.2) is 0 Å². The summed E-state index contributed by atoms with van der Waals surface area (Å²) in [6, 6.07) is 0. The average Bonchev–Trinajstić information content (AvgIpc) is 3.41. The number of aromatic nitrogens is 3. The lowest BCUT2D eigenvalue weighted by atomic mass is 10.0. The van der Waals surface area contributed by atoms with Gasteiger partial charge in [0.25, 0.3) is 0 Å². The number of ketones is 1. The molecule has 5 atom stereocenters. The number of rotatable bonds is 19. The SMILES string of the molecule is CCCCC[C@H](CC(=O)O[C@H](CCCCCCCn1nnc2c1CC[C@H]1[C@@H](CO)[C@H]1CC2)CC(C)=O)OC. The van der Waals surface area contributed by atoms with Gasteiger partial charge in [-0.1, -0.05) is 50.7 Å². The Labute approximate surface area is 229 Å². The van der Waals surface area contributed by atoms with Crippen LogP contribution in [0.1, 0.15) is 115 Å². The molecule has 0 radical (unpaired) electrons. The second kappa shape index (κ2) is 16.3. The molecule has 0 spiro atoms. The van der Waals surface area contributed by atoms with Crippen molar-refractivity contribution in [3.8, 4) is 0 Å². The number of methoxy groups -OCH3 is 1. The maximum atomic E-state index is 12.5. The highest BCUT2D eigenvalue weighted by Gasteiger charge is 2.49. The van der Waals surface area contributed by atoms with E-state index in [9.17, 15) is 14.7 Å². The van der Waals surface area contributed by atoms with Crippen LogP contribution in [-0.2, 0) is 38.4 Å². The van der Waals surface area contributed by atoms with E-state index in [0.29, 0.717) is 24.4 Å². The monoisotopic (exact) mass is 533 g/mol. The number of carbonyl (C=O) groups is 2. The molecule has 1 fully saturated rings. The van der Waals surface area contributed by atoms with Crippen molar-refractivity contribution >= 4 is 11.8 Å². The summed E-state index contributed by atoms with van der Waals surface area (Å²) >= 11 is 0. The number of fused-ring (bicyclic) bond motifs is 2. The predicted octanol–water partition coefficient (Wildman–Crippen LogP) is 5.23. The molecule has 38 heavy (non-hydrogen) atoms. The van der Waals surface area contributed by atoms with Crippen molar-refractivity contribution in [3.05, 3.63) is 11.4 Å². The Morgan fingerprint density at radius 3 is 2.37 bits per heavy atom. The van der Waals surface area contributed by atoms with Gasteiger partial charge >= 0.3 is 5.97 Å². The van der Waals surface area contributed by atoms with Gasteiger partial charge in [-0.25, -0.2) is 4.68 Å². The third-order valence-electron chi connectivity index (χ3n) is 8.63. The van der Waals surface area contributed by atoms with Crippen molar-refractivity contribution in [2.24, 2.45) is 17.8 Å². The van der Waals surface area contributed by atoms with Crippen molar-refractivity contribution < 1.29 is 24.2 Å². The summed E-state index contributed by atoms with van der Waals surface area (Å²) in [5.41, 5.74) is 2.47. The third kappa shape index (κ3) is 9.74. The fourth-order valence-corrected chi connectivity index (χ4v) is 6.31. The lowest BCUT2D eigenvalue weighted by Crippen LogP contribution is -2.24. The summed E-state index contributed by atoms with van der Waals surface area (Å²) < 4.78 is 13.3. The van der Waals surface area contributed by atoms with Crippen molar-refractivity contribution in [2.45, 2.75) is 135 Å². The maximum absolute atomic E-state index is 12.5. The Kier molecular flexibility index (Phi) is 13.2. The fourth-order valence-electron chi connectivity index (χ4n) is 6.31. The fraction of sp³-hybridized carbons (Fsp3) is 0.867. The molecule has 0 saturated heterocycles. The van der Waals surface area contributed by atoms with Gasteiger partial charge in [0.05, 0.1) is 23.9 Å². The van der Waals surface area contributed by atoms with E-state index < -0.39 is 0 Å². The first-order chi connectivity index (χ1) is 18.5. The molecule has 0 unspecified atom stereocenters. The van der Waals surface area contributed by atoms with Gasteiger partial charge in [-0.05, 0) is 76.0 Å². The molecule has 1 heterocycles. The Morgan fingerprint density at radius 2 is 1.66 bits per heavy atom. The number of esters is 1. The summed E-state index contributed by atoms with van der Waals surface area (Å²) in [5, 5.41) is 18.5. The zero-order valence-corrected chi connectivity index (χ0v) is 24.0. The molecular formula is C30H51N3O5. The number of carbonyl (C=O) groups excluding carboxylic acids is 2. The van der Waals surface area contributed by atoms with E-state index in [4.69, 9.17) is 9.47 Å². The molecule has 0 bridgehead atoms. The molecule has 2 aliphatic rings. The molecule has 3 rings (SSSR count). The van der Waals surface area contributed by atoms with Crippen LogP contribution in [0.5, 0.6) is 0 Å². The second-order valence-corrected chi connectivity index (χ2v) is 11.6. The van der Waals surface area contributed by atoms with Crippen molar-refractivity contribution in [1.29, 1.82) is 0 Å². The summed E-state index contributed by atoms with van der Waals surface area (Å²) in [4.78, 5) is 24.2. The quantitative estimate of drug-likeness (QED) is 0.192. The molecule has 0 aliphatic heterocycles. The average molecular weight is 534 g/mol. The van der Waals surface area contributed by atoms with Gasteiger partial charge in [0.1, 0.15) is 11.9 Å². The normalized spacial score (nSPS) is 22.1. The zero-order valence-electron chi connectivity index (χ0n) is 24.0. The largest absolute Gasteiger partial charge is 0.462 e. The highest BCUT2D eigenvalue weighted by atomic mass is 16.5. The van der Waals surface area contributed by atoms with Crippen LogP contribution in [0.2, 0.25) is 0 Å². The van der Waals surface area contributed by atoms with Crippen LogP contribution in [0.25, 0.3) is 0 Å². The summed E-state index contributed by atoms with van der Waals surface area (Å²) in [5.74, 6) is 1.69. The third-order valence-corrected chi connectivity index (χ3v) is 8.63. The van der Waals surface area contributed by atoms with Crippen LogP contribution in [-0.4, -0.2) is 57.8 Å². The predicted molar refractivity (Wildman–Crippen MR) is 147 cm³/mol. The van der Waals surface area contributed by atoms with Crippen LogP contribution in [0.4, 0.5) is 0 Å². The molecule has 8 nitrogen and oxygen atoms in total. The zero-order chi connectivity index (χ0) is 27.3. The number of aliphatic hydroxyl groups is 1. The highest BCUT2D eigenvalue weighted by Crippen LogP contribution is 2.52. The Morgan fingerprint density at radius 1 is 0.974 bits per heavy atom. The smallest absolute Gasteiger partial charge is 0.308 e. The minimum absolute atomic E-state index is 0.0563. The van der Waals surface area contributed by atoms with Crippen LogP contribution < -0.4 is 0 Å². The number of unbranched alkanes of at least 4 members (excludes halogenated alkanes) is 6. The minimum atomic E-state index is -0.334. The van der Waals surface area contributed by atoms with Gasteiger partial charge in [0, 0.05) is 26.7 Å². The Hall–Kier alpha value is -1.80. The standard InChI is InChI=1S/C30H51N3O5/c1-4-5-9-12-23(37-3)20-30(36)38-24(19-22(2)35)13-10-7-6-8-11-18-33-29-17-15-26-25(27(26)21-34)14-16-28(29)31-32-33/h23-27,34H,4-21H2,1-3H3/t23-,24-,25+,26-,27+/m1/s1. The van der Waals surface area contributed by atoms with Gasteiger partial charge in [-0.15, -0.1) is 5.10 Å². The molecule has 2 aliphatic carbocycles. The van der Waals surface area contributed by atoms with E-state index >= 15 is 0 Å². The van der Waals surface area contributed by atoms with E-state index in [1.807, 2.05) is 0 Å². The van der Waals surface area contributed by atoms with E-state index in [1.54, 1.807) is 14.0 Å². The second-order valence-electron chi connectivity index (χ2n) is 11.6. The first-order valence-electron chi connectivity index (χ1n) is 15.2. The molecule has 0 aromatic carbocycles. The molecule has 1 aromatic heterocycles. The molecule has 1 N–H and O–H groups in total. The number of aliphatic hydroxyl groups excluding tert-OH is 1. The summed E-state index contributed by atoms with van der Waals surface area (Å²) in [6.07, 6.45) is 14.6. The molecule has 0 amide bonds. The lowest BCUT2D eigenvalue weighted by Gasteiger charge is -2.19. The number of hydrogen-bond acceptors (Lipinski definition) is 7. The van der Waals surface area contributed by atoms with Gasteiger partial charge in [-0.3, -0.25) is 9.59 Å². The minimum Gasteiger partial charge on any atom is -0.462 e. The molecule has 8 heteroatoms. The van der Waals surface area contributed by atoms with Crippen LogP contribution in [0.3, 0.4) is 0 Å². The first-order valence-corrected chi connectivity index (χ1v) is 15.2. The van der Waals surface area contributed by atoms with Crippen LogP contribution >= 0.6 is 0 Å². The number of Topliss-reactive ketones (excluding diaryl/α,β-unsaturated/α-hetero) is 1. The highest BCUT2D eigenvalue weighted by molar-refractivity contribution is 5.77. The molecular weight excluding hydrogens is 482 g/mol. The lowest BCUT2D eigenvalue weighted by molar-refractivity contribution is -0.153. The van der Waals surface area contributed by atoms with Crippen LogP contribution in [0, 0.1) is 17.8 Å². The number of ether oxygens (including phenoxy) is 2. The Bertz CT molecular complexity index is 857. The topological polar surface area (TPSA) is 104 Å². The van der Waals surface area contributed by atoms with Crippen molar-refractivity contribution in [2.75, 3.05) is 13.7 Å². The van der Waals surface area contributed by atoms with E-state index in [2.05, 4.69) is 21.9 Å². The van der Waals surface area contributed by atoms with Crippen LogP contribution in [0.15, 0.2) is 0 Å². The van der Waals surface area contributed by atoms with E-state index in [0.717, 1.165) is 102 Å². The van der Waals surface area contributed by atoms with E-state index in [1.165, 1.54) is 5.69 Å².